The highest BCUT2D eigenvalue weighted by atomic mass is 19.4. The van der Waals surface area contributed by atoms with Crippen LogP contribution in [0.15, 0.2) is 48.5 Å². The summed E-state index contributed by atoms with van der Waals surface area (Å²) >= 11 is 0. The Morgan fingerprint density at radius 3 is 2.36 bits per heavy atom. The molecule has 6 nitrogen and oxygen atoms in total. The topological polar surface area (TPSA) is 66.2 Å². The van der Waals surface area contributed by atoms with E-state index in [2.05, 4.69) is 15.0 Å². The lowest BCUT2D eigenvalue weighted by Crippen LogP contribution is -3.15. The number of phenols is 1. The number of rotatable bonds is 5. The van der Waals surface area contributed by atoms with Crippen LogP contribution in [0.3, 0.4) is 0 Å². The summed E-state index contributed by atoms with van der Waals surface area (Å²) in [6.45, 7) is 3.16. The van der Waals surface area contributed by atoms with Gasteiger partial charge in [-0.25, -0.2) is 0 Å². The number of amides is 1. The van der Waals surface area contributed by atoms with Crippen molar-refractivity contribution in [2.75, 3.05) is 42.9 Å². The summed E-state index contributed by atoms with van der Waals surface area (Å²) in [5.41, 5.74) is 1.19. The predicted molar refractivity (Wildman–Crippen MR) is 97.6 cm³/mol. The number of nitrogens with zero attached hydrogens (tertiary/aromatic N) is 1. The Balaban J connectivity index is 1.46. The number of quaternary nitrogens is 1. The van der Waals surface area contributed by atoms with Crippen LogP contribution in [0.2, 0.25) is 0 Å². The highest BCUT2D eigenvalue weighted by Crippen LogP contribution is 2.26. The van der Waals surface area contributed by atoms with Crippen molar-refractivity contribution in [3.05, 3.63) is 48.5 Å². The lowest BCUT2D eigenvalue weighted by atomic mass is 10.2. The fourth-order valence-electron chi connectivity index (χ4n) is 3.14. The van der Waals surface area contributed by atoms with Gasteiger partial charge in [-0.1, -0.05) is 12.1 Å². The minimum absolute atomic E-state index is 0.213. The number of alkyl halides is 3. The first-order valence-electron chi connectivity index (χ1n) is 8.82. The van der Waals surface area contributed by atoms with Gasteiger partial charge >= 0.3 is 6.36 Å². The zero-order valence-electron chi connectivity index (χ0n) is 15.0. The van der Waals surface area contributed by atoms with E-state index < -0.39 is 6.36 Å². The monoisotopic (exact) mass is 396 g/mol. The van der Waals surface area contributed by atoms with Gasteiger partial charge in [0.05, 0.1) is 31.9 Å². The number of carbonyl (C=O) groups excluding carboxylic acids is 1. The van der Waals surface area contributed by atoms with E-state index in [4.69, 9.17) is 0 Å². The quantitative estimate of drug-likeness (QED) is 0.719. The van der Waals surface area contributed by atoms with E-state index in [1.807, 2.05) is 12.1 Å². The first kappa shape index (κ1) is 19.8. The fraction of sp³-hybridized carbons (Fsp3) is 0.316. The Morgan fingerprint density at radius 2 is 1.75 bits per heavy atom. The summed E-state index contributed by atoms with van der Waals surface area (Å²) in [6.07, 6.45) is -4.74. The molecule has 0 bridgehead atoms. The molecule has 150 valence electrons. The van der Waals surface area contributed by atoms with Crippen LogP contribution >= 0.6 is 0 Å². The molecule has 1 saturated heterocycles. The lowest BCUT2D eigenvalue weighted by molar-refractivity contribution is -0.892. The molecule has 0 saturated carbocycles. The molecule has 9 heteroatoms. The van der Waals surface area contributed by atoms with Crippen molar-refractivity contribution < 1.29 is 32.7 Å². The van der Waals surface area contributed by atoms with Crippen molar-refractivity contribution >= 4 is 17.3 Å². The number of ether oxygens (including phenoxy) is 1. The van der Waals surface area contributed by atoms with Crippen molar-refractivity contribution in [2.45, 2.75) is 6.36 Å². The number of hydrogen-bond donors (Lipinski definition) is 3. The van der Waals surface area contributed by atoms with E-state index in [-0.39, 0.29) is 24.0 Å². The van der Waals surface area contributed by atoms with Crippen LogP contribution in [-0.4, -0.2) is 50.1 Å². The van der Waals surface area contributed by atoms with Crippen LogP contribution in [0.25, 0.3) is 0 Å². The third-order valence-corrected chi connectivity index (χ3v) is 4.48. The number of nitrogens with one attached hydrogen (secondary N) is 2. The van der Waals surface area contributed by atoms with Crippen LogP contribution < -0.4 is 19.9 Å². The summed E-state index contributed by atoms with van der Waals surface area (Å²) in [5.74, 6) is -0.312. The number of para-hydroxylation sites is 2. The Morgan fingerprint density at radius 1 is 1.11 bits per heavy atom. The molecule has 0 spiro atoms. The van der Waals surface area contributed by atoms with E-state index in [9.17, 15) is 23.1 Å². The summed E-state index contributed by atoms with van der Waals surface area (Å²) in [5, 5.41) is 12.6. The summed E-state index contributed by atoms with van der Waals surface area (Å²) in [7, 11) is 0. The second-order valence-corrected chi connectivity index (χ2v) is 6.52. The molecule has 1 aliphatic rings. The molecular weight excluding hydrogens is 375 g/mol. The molecular formula is C19H21F3N3O3+. The van der Waals surface area contributed by atoms with Crippen LogP contribution in [0, 0.1) is 0 Å². The maximum absolute atomic E-state index is 12.2. The van der Waals surface area contributed by atoms with Crippen LogP contribution in [0.1, 0.15) is 0 Å². The summed E-state index contributed by atoms with van der Waals surface area (Å²) in [6, 6.07) is 12.2. The van der Waals surface area contributed by atoms with Gasteiger partial charge in [0.25, 0.3) is 5.91 Å². The molecule has 2 aromatic rings. The predicted octanol–water partition coefficient (Wildman–Crippen LogP) is 1.63. The second-order valence-electron chi connectivity index (χ2n) is 6.52. The van der Waals surface area contributed by atoms with Crippen LogP contribution in [0.4, 0.5) is 24.5 Å². The first-order chi connectivity index (χ1) is 13.3. The molecule has 2 aromatic carbocycles. The van der Waals surface area contributed by atoms with Crippen molar-refractivity contribution in [3.8, 4) is 11.5 Å². The third-order valence-electron chi connectivity index (χ3n) is 4.48. The molecule has 1 fully saturated rings. The van der Waals surface area contributed by atoms with E-state index in [1.165, 1.54) is 12.1 Å². The number of piperazine rings is 1. The number of halogens is 3. The standard InChI is InChI=1S/C19H20F3N3O3/c20-19(21,22)28-15-7-5-14(6-8-15)23-18(27)13-24-9-11-25(12-10-24)16-3-1-2-4-17(16)26/h1-8,26H,9-13H2,(H,23,27)/p+1. The minimum atomic E-state index is -4.74. The largest absolute Gasteiger partial charge is 0.573 e. The van der Waals surface area contributed by atoms with Crippen molar-refractivity contribution in [1.29, 1.82) is 0 Å². The van der Waals surface area contributed by atoms with E-state index >= 15 is 0 Å². The Kier molecular flexibility index (Phi) is 5.93. The molecule has 0 atom stereocenters. The van der Waals surface area contributed by atoms with E-state index in [0.29, 0.717) is 18.8 Å². The third kappa shape index (κ3) is 5.53. The van der Waals surface area contributed by atoms with Gasteiger partial charge in [0.2, 0.25) is 0 Å². The van der Waals surface area contributed by atoms with E-state index in [1.54, 1.807) is 12.1 Å². The minimum Gasteiger partial charge on any atom is -0.506 e. The van der Waals surface area contributed by atoms with E-state index in [0.717, 1.165) is 35.8 Å². The Bertz CT molecular complexity index is 804. The highest BCUT2D eigenvalue weighted by Gasteiger charge is 2.31. The average Bonchev–Trinajstić information content (AvgIpc) is 2.63. The van der Waals surface area contributed by atoms with Crippen LogP contribution in [-0.2, 0) is 4.79 Å². The molecule has 0 radical (unpaired) electrons. The van der Waals surface area contributed by atoms with Gasteiger partial charge in [-0.3, -0.25) is 4.79 Å². The molecule has 1 aliphatic heterocycles. The zero-order valence-corrected chi connectivity index (χ0v) is 15.0. The van der Waals surface area contributed by atoms with Gasteiger partial charge in [0.1, 0.15) is 11.5 Å². The highest BCUT2D eigenvalue weighted by molar-refractivity contribution is 5.91. The lowest BCUT2D eigenvalue weighted by Gasteiger charge is -2.33. The number of anilines is 2. The van der Waals surface area contributed by atoms with Gasteiger partial charge in [0.15, 0.2) is 6.54 Å². The number of hydrogen-bond acceptors (Lipinski definition) is 4. The fourth-order valence-corrected chi connectivity index (χ4v) is 3.14. The van der Waals surface area contributed by atoms with Crippen molar-refractivity contribution in [3.63, 3.8) is 0 Å². The molecule has 3 rings (SSSR count). The van der Waals surface area contributed by atoms with Gasteiger partial charge in [-0.05, 0) is 36.4 Å². The average molecular weight is 396 g/mol. The van der Waals surface area contributed by atoms with Crippen molar-refractivity contribution in [1.82, 2.24) is 0 Å². The molecule has 0 aliphatic carbocycles. The smallest absolute Gasteiger partial charge is 0.506 e. The Hall–Kier alpha value is -2.94. The summed E-state index contributed by atoms with van der Waals surface area (Å²) in [4.78, 5) is 15.4. The second kappa shape index (κ2) is 8.39. The first-order valence-corrected chi connectivity index (χ1v) is 8.82. The van der Waals surface area contributed by atoms with Gasteiger partial charge < -0.3 is 25.0 Å². The maximum Gasteiger partial charge on any atom is 0.573 e. The van der Waals surface area contributed by atoms with Crippen molar-refractivity contribution in [2.24, 2.45) is 0 Å². The number of aromatic hydroxyl groups is 1. The molecule has 1 amide bonds. The molecule has 28 heavy (non-hydrogen) atoms. The molecule has 1 heterocycles. The SMILES string of the molecule is O=C(C[NH+]1CCN(c2ccccc2O)CC1)Nc1ccc(OC(F)(F)F)cc1. The molecule has 0 unspecified atom stereocenters. The number of phenolic OH excluding ortho intramolecular Hbond substituents is 1. The van der Waals surface area contributed by atoms with Gasteiger partial charge in [-0.15, -0.1) is 13.2 Å². The summed E-state index contributed by atoms with van der Waals surface area (Å²) < 4.78 is 40.3. The normalized spacial score (nSPS) is 15.3. The zero-order chi connectivity index (χ0) is 20.1. The molecule has 3 N–H and O–H groups in total. The number of carbonyl (C=O) groups is 1. The molecule has 0 aromatic heterocycles. The Labute approximate surface area is 160 Å². The van der Waals surface area contributed by atoms with Gasteiger partial charge in [0, 0.05) is 5.69 Å². The van der Waals surface area contributed by atoms with Crippen LogP contribution in [0.5, 0.6) is 11.5 Å². The maximum atomic E-state index is 12.2. The van der Waals surface area contributed by atoms with Gasteiger partial charge in [-0.2, -0.15) is 0 Å². The number of benzene rings is 2.